The molecule has 0 amide bonds. The summed E-state index contributed by atoms with van der Waals surface area (Å²) in [6, 6.07) is 7.90. The Morgan fingerprint density at radius 1 is 1.38 bits per heavy atom. The molecule has 16 heavy (non-hydrogen) atoms. The van der Waals surface area contributed by atoms with Crippen LogP contribution in [-0.4, -0.2) is 15.8 Å². The SMILES string of the molecule is CSc1ccc(OCc2nnsc2N)cc1. The van der Waals surface area contributed by atoms with E-state index in [1.807, 2.05) is 30.5 Å². The summed E-state index contributed by atoms with van der Waals surface area (Å²) in [7, 11) is 0. The van der Waals surface area contributed by atoms with Crippen LogP contribution in [0.5, 0.6) is 5.75 Å². The van der Waals surface area contributed by atoms with Crippen LogP contribution in [0.3, 0.4) is 0 Å². The summed E-state index contributed by atoms with van der Waals surface area (Å²) in [4.78, 5) is 1.21. The average Bonchev–Trinajstić information content (AvgIpc) is 2.73. The molecule has 0 unspecified atom stereocenters. The van der Waals surface area contributed by atoms with Gasteiger partial charge in [-0.05, 0) is 30.5 Å². The predicted molar refractivity (Wildman–Crippen MR) is 66.9 cm³/mol. The van der Waals surface area contributed by atoms with Crippen molar-refractivity contribution in [3.63, 3.8) is 0 Å². The standard InChI is InChI=1S/C10H11N3OS2/c1-15-8-4-2-7(3-5-8)14-6-9-10(11)16-13-12-9/h2-5H,6,11H2,1H3. The maximum atomic E-state index is 5.66. The Balaban J connectivity index is 1.97. The number of nitrogens with two attached hydrogens (primary N) is 1. The minimum absolute atomic E-state index is 0.362. The summed E-state index contributed by atoms with van der Waals surface area (Å²) < 4.78 is 9.29. The summed E-state index contributed by atoms with van der Waals surface area (Å²) in [6.45, 7) is 0.362. The zero-order valence-corrected chi connectivity index (χ0v) is 10.3. The molecule has 2 rings (SSSR count). The Morgan fingerprint density at radius 2 is 2.12 bits per heavy atom. The number of ether oxygens (including phenoxy) is 1. The number of thioether (sulfide) groups is 1. The van der Waals surface area contributed by atoms with Crippen LogP contribution in [-0.2, 0) is 6.61 Å². The number of benzene rings is 1. The normalized spacial score (nSPS) is 10.3. The van der Waals surface area contributed by atoms with Crippen molar-refractivity contribution in [2.75, 3.05) is 12.0 Å². The Hall–Kier alpha value is -1.27. The molecule has 1 aromatic heterocycles. The lowest BCUT2D eigenvalue weighted by Gasteiger charge is -2.04. The van der Waals surface area contributed by atoms with Crippen LogP contribution in [0.25, 0.3) is 0 Å². The van der Waals surface area contributed by atoms with Gasteiger partial charge in [0.15, 0.2) is 0 Å². The van der Waals surface area contributed by atoms with Crippen LogP contribution in [0.1, 0.15) is 5.69 Å². The van der Waals surface area contributed by atoms with Gasteiger partial charge in [-0.25, -0.2) is 0 Å². The Labute approximate surface area is 102 Å². The van der Waals surface area contributed by atoms with Gasteiger partial charge < -0.3 is 10.5 Å². The van der Waals surface area contributed by atoms with E-state index in [4.69, 9.17) is 10.5 Å². The molecule has 0 spiro atoms. The van der Waals surface area contributed by atoms with Gasteiger partial charge in [0.05, 0.1) is 0 Å². The maximum Gasteiger partial charge on any atom is 0.136 e. The van der Waals surface area contributed by atoms with Gasteiger partial charge in [-0.15, -0.1) is 16.9 Å². The van der Waals surface area contributed by atoms with Crippen molar-refractivity contribution >= 4 is 28.3 Å². The summed E-state index contributed by atoms with van der Waals surface area (Å²) in [5.74, 6) is 0.810. The second-order valence-corrected chi connectivity index (χ2v) is 4.71. The molecule has 2 aromatic rings. The van der Waals surface area contributed by atoms with Gasteiger partial charge in [-0.1, -0.05) is 4.49 Å². The highest BCUT2D eigenvalue weighted by Gasteiger charge is 2.04. The zero-order valence-electron chi connectivity index (χ0n) is 8.71. The van der Waals surface area contributed by atoms with E-state index < -0.39 is 0 Å². The molecular formula is C10H11N3OS2. The van der Waals surface area contributed by atoms with Gasteiger partial charge in [0, 0.05) is 16.4 Å². The predicted octanol–water partition coefficient (Wildman–Crippen LogP) is 2.42. The summed E-state index contributed by atoms with van der Waals surface area (Å²) in [5, 5.41) is 4.49. The largest absolute Gasteiger partial charge is 0.487 e. The highest BCUT2D eigenvalue weighted by Crippen LogP contribution is 2.20. The van der Waals surface area contributed by atoms with Crippen LogP contribution < -0.4 is 10.5 Å². The third-order valence-corrected chi connectivity index (χ3v) is 3.36. The highest BCUT2D eigenvalue weighted by molar-refractivity contribution is 7.98. The van der Waals surface area contributed by atoms with E-state index in [2.05, 4.69) is 9.59 Å². The topological polar surface area (TPSA) is 61.0 Å². The first-order valence-electron chi connectivity index (χ1n) is 4.63. The van der Waals surface area contributed by atoms with Crippen LogP contribution in [0, 0.1) is 0 Å². The number of hydrogen-bond acceptors (Lipinski definition) is 6. The lowest BCUT2D eigenvalue weighted by atomic mass is 10.3. The van der Waals surface area contributed by atoms with Gasteiger partial charge in [-0.2, -0.15) is 0 Å². The number of anilines is 1. The third kappa shape index (κ3) is 2.65. The Kier molecular flexibility index (Phi) is 3.63. The van der Waals surface area contributed by atoms with Crippen molar-refractivity contribution in [1.29, 1.82) is 0 Å². The lowest BCUT2D eigenvalue weighted by molar-refractivity contribution is 0.301. The van der Waals surface area contributed by atoms with E-state index in [9.17, 15) is 0 Å². The van der Waals surface area contributed by atoms with Crippen LogP contribution in [0.2, 0.25) is 0 Å². The highest BCUT2D eigenvalue weighted by atomic mass is 32.2. The first kappa shape index (κ1) is 11.2. The fraction of sp³-hybridized carbons (Fsp3) is 0.200. The van der Waals surface area contributed by atoms with Crippen LogP contribution in [0.15, 0.2) is 29.2 Å². The molecule has 6 heteroatoms. The average molecular weight is 253 g/mol. The molecule has 0 saturated carbocycles. The summed E-state index contributed by atoms with van der Waals surface area (Å²) >= 11 is 2.88. The number of nitrogen functional groups attached to an aromatic ring is 1. The molecule has 1 heterocycles. The van der Waals surface area contributed by atoms with Crippen molar-refractivity contribution in [3.05, 3.63) is 30.0 Å². The molecule has 4 nitrogen and oxygen atoms in total. The number of nitrogens with zero attached hydrogens (tertiary/aromatic N) is 2. The molecule has 1 aromatic carbocycles. The monoisotopic (exact) mass is 253 g/mol. The lowest BCUT2D eigenvalue weighted by Crippen LogP contribution is -1.98. The minimum Gasteiger partial charge on any atom is -0.487 e. The van der Waals surface area contributed by atoms with Gasteiger partial charge in [0.25, 0.3) is 0 Å². The molecule has 0 aliphatic rings. The van der Waals surface area contributed by atoms with Gasteiger partial charge in [0.2, 0.25) is 0 Å². The first-order valence-corrected chi connectivity index (χ1v) is 6.63. The molecule has 0 aliphatic heterocycles. The van der Waals surface area contributed by atoms with Gasteiger partial charge in [-0.3, -0.25) is 0 Å². The second-order valence-electron chi connectivity index (χ2n) is 3.05. The number of aromatic nitrogens is 2. The van der Waals surface area contributed by atoms with Crippen molar-refractivity contribution in [3.8, 4) is 5.75 Å². The number of rotatable bonds is 4. The van der Waals surface area contributed by atoms with E-state index in [-0.39, 0.29) is 0 Å². The molecule has 0 radical (unpaired) electrons. The molecule has 0 bridgehead atoms. The molecule has 0 atom stereocenters. The Bertz CT molecular complexity index is 455. The van der Waals surface area contributed by atoms with Gasteiger partial charge >= 0.3 is 0 Å². The van der Waals surface area contributed by atoms with E-state index in [1.54, 1.807) is 11.8 Å². The van der Waals surface area contributed by atoms with Crippen molar-refractivity contribution in [2.45, 2.75) is 11.5 Å². The van der Waals surface area contributed by atoms with Crippen molar-refractivity contribution < 1.29 is 4.74 Å². The quantitative estimate of drug-likeness (QED) is 0.848. The molecule has 84 valence electrons. The van der Waals surface area contributed by atoms with E-state index in [0.29, 0.717) is 17.3 Å². The zero-order chi connectivity index (χ0) is 11.4. The fourth-order valence-corrected chi connectivity index (χ4v) is 1.98. The molecular weight excluding hydrogens is 242 g/mol. The molecule has 0 fully saturated rings. The van der Waals surface area contributed by atoms with E-state index >= 15 is 0 Å². The van der Waals surface area contributed by atoms with Gasteiger partial charge in [0.1, 0.15) is 23.1 Å². The minimum atomic E-state index is 0.362. The molecule has 0 saturated heterocycles. The third-order valence-electron chi connectivity index (χ3n) is 2.02. The summed E-state index contributed by atoms with van der Waals surface area (Å²) in [5.41, 5.74) is 6.35. The maximum absolute atomic E-state index is 5.66. The smallest absolute Gasteiger partial charge is 0.136 e. The molecule has 0 aliphatic carbocycles. The first-order chi connectivity index (χ1) is 7.79. The summed E-state index contributed by atoms with van der Waals surface area (Å²) in [6.07, 6.45) is 2.04. The van der Waals surface area contributed by atoms with E-state index in [0.717, 1.165) is 5.75 Å². The van der Waals surface area contributed by atoms with E-state index in [1.165, 1.54) is 16.4 Å². The number of hydrogen-bond donors (Lipinski definition) is 1. The fourth-order valence-electron chi connectivity index (χ4n) is 1.14. The van der Waals surface area contributed by atoms with Crippen LogP contribution in [0.4, 0.5) is 5.00 Å². The van der Waals surface area contributed by atoms with Crippen molar-refractivity contribution in [1.82, 2.24) is 9.59 Å². The second kappa shape index (κ2) is 5.18. The Morgan fingerprint density at radius 3 is 2.69 bits per heavy atom. The van der Waals surface area contributed by atoms with Crippen molar-refractivity contribution in [2.24, 2.45) is 0 Å². The van der Waals surface area contributed by atoms with Crippen LogP contribution >= 0.6 is 23.3 Å². The molecule has 2 N–H and O–H groups in total.